The minimum absolute atomic E-state index is 0.0920. The Morgan fingerprint density at radius 1 is 1.08 bits per heavy atom. The van der Waals surface area contributed by atoms with Gasteiger partial charge in [-0.2, -0.15) is 18.2 Å². The van der Waals surface area contributed by atoms with Crippen molar-refractivity contribution >= 4 is 23.4 Å². The number of nitrogens with zero attached hydrogens (tertiary/aromatic N) is 5. The standard InChI is InChI=1S/C27H30F3N7O2/c1-35-11-13-36(14-12-35)17-19-4-5-20(16-22(19)27(28,29)30)33-26(38)37-10-2-3-18-15-21(6-7-23(18)37)39-24-8-9-32-25(31)34-24/h4-9,15-16H,2-3,10-14,17H2,1H3,(H,33,38)(H2,31,32,34). The zero-order chi connectivity index (χ0) is 27.6. The normalized spacial score (nSPS) is 16.6. The summed E-state index contributed by atoms with van der Waals surface area (Å²) in [6.45, 7) is 3.70. The van der Waals surface area contributed by atoms with Gasteiger partial charge in [0, 0.05) is 62.9 Å². The summed E-state index contributed by atoms with van der Waals surface area (Å²) >= 11 is 0. The molecule has 12 heteroatoms. The number of likely N-dealkylation sites (N-methyl/N-ethyl adjacent to an activating group) is 1. The van der Waals surface area contributed by atoms with Crippen molar-refractivity contribution in [2.24, 2.45) is 0 Å². The van der Waals surface area contributed by atoms with E-state index in [4.69, 9.17) is 10.5 Å². The summed E-state index contributed by atoms with van der Waals surface area (Å²) in [5.74, 6) is 0.915. The Labute approximate surface area is 224 Å². The Balaban J connectivity index is 1.31. The maximum absolute atomic E-state index is 14.0. The molecule has 2 amide bonds. The number of carbonyl (C=O) groups is 1. The molecule has 0 radical (unpaired) electrons. The molecule has 0 spiro atoms. The summed E-state index contributed by atoms with van der Waals surface area (Å²) < 4.78 is 47.7. The van der Waals surface area contributed by atoms with Crippen LogP contribution in [-0.2, 0) is 19.1 Å². The number of carbonyl (C=O) groups excluding carboxylic acids is 1. The minimum Gasteiger partial charge on any atom is -0.439 e. The smallest absolute Gasteiger partial charge is 0.416 e. The number of aromatic nitrogens is 2. The van der Waals surface area contributed by atoms with Crippen LogP contribution in [0.5, 0.6) is 11.6 Å². The van der Waals surface area contributed by atoms with E-state index < -0.39 is 17.8 Å². The lowest BCUT2D eigenvalue weighted by Gasteiger charge is -2.33. The molecule has 0 aliphatic carbocycles. The number of amides is 2. The zero-order valence-electron chi connectivity index (χ0n) is 21.5. The van der Waals surface area contributed by atoms with Gasteiger partial charge in [-0.25, -0.2) is 9.78 Å². The fourth-order valence-electron chi connectivity index (χ4n) is 4.88. The highest BCUT2D eigenvalue weighted by atomic mass is 19.4. The number of rotatable bonds is 5. The van der Waals surface area contributed by atoms with Crippen LogP contribution in [-0.4, -0.2) is 65.6 Å². The first-order chi connectivity index (χ1) is 18.7. The molecule has 3 heterocycles. The molecule has 206 valence electrons. The van der Waals surface area contributed by atoms with E-state index in [-0.39, 0.29) is 23.7 Å². The summed E-state index contributed by atoms with van der Waals surface area (Å²) in [6.07, 6.45) is -1.63. The number of nitrogen functional groups attached to an aromatic ring is 1. The van der Waals surface area contributed by atoms with Gasteiger partial charge in [0.2, 0.25) is 11.8 Å². The van der Waals surface area contributed by atoms with Crippen molar-refractivity contribution in [3.05, 3.63) is 65.4 Å². The van der Waals surface area contributed by atoms with Crippen molar-refractivity contribution in [3.63, 3.8) is 0 Å². The van der Waals surface area contributed by atoms with Gasteiger partial charge in [0.25, 0.3) is 0 Å². The lowest BCUT2D eigenvalue weighted by molar-refractivity contribution is -0.138. The van der Waals surface area contributed by atoms with E-state index in [1.165, 1.54) is 23.2 Å². The molecule has 5 rings (SSSR count). The Morgan fingerprint density at radius 2 is 1.87 bits per heavy atom. The van der Waals surface area contributed by atoms with Crippen LogP contribution in [0.3, 0.4) is 0 Å². The second-order valence-electron chi connectivity index (χ2n) is 9.78. The van der Waals surface area contributed by atoms with E-state index in [1.54, 1.807) is 18.2 Å². The number of ether oxygens (including phenoxy) is 1. The van der Waals surface area contributed by atoms with Crippen molar-refractivity contribution in [3.8, 4) is 11.6 Å². The number of aryl methyl sites for hydroxylation is 1. The molecular formula is C27H30F3N7O2. The number of piperazine rings is 1. The maximum Gasteiger partial charge on any atom is 0.416 e. The van der Waals surface area contributed by atoms with Crippen LogP contribution in [0.2, 0.25) is 0 Å². The van der Waals surface area contributed by atoms with Gasteiger partial charge in [-0.05, 0) is 61.3 Å². The van der Waals surface area contributed by atoms with E-state index in [9.17, 15) is 18.0 Å². The van der Waals surface area contributed by atoms with Crippen molar-refractivity contribution in [2.45, 2.75) is 25.6 Å². The van der Waals surface area contributed by atoms with Crippen molar-refractivity contribution < 1.29 is 22.7 Å². The van der Waals surface area contributed by atoms with Crippen LogP contribution < -0.4 is 20.7 Å². The number of nitrogens with two attached hydrogens (primary N) is 1. The van der Waals surface area contributed by atoms with Crippen LogP contribution in [0.1, 0.15) is 23.1 Å². The topological polar surface area (TPSA) is 99.8 Å². The van der Waals surface area contributed by atoms with E-state index in [2.05, 4.69) is 20.2 Å². The number of halogens is 3. The lowest BCUT2D eigenvalue weighted by atomic mass is 10.0. The molecule has 0 unspecified atom stereocenters. The molecule has 39 heavy (non-hydrogen) atoms. The van der Waals surface area contributed by atoms with Crippen LogP contribution in [0, 0.1) is 0 Å². The summed E-state index contributed by atoms with van der Waals surface area (Å²) in [5.41, 5.74) is 6.74. The monoisotopic (exact) mass is 541 g/mol. The molecule has 2 aliphatic heterocycles. The molecule has 2 aliphatic rings. The third-order valence-electron chi connectivity index (χ3n) is 6.94. The highest BCUT2D eigenvalue weighted by Gasteiger charge is 2.34. The molecule has 1 fully saturated rings. The van der Waals surface area contributed by atoms with Crippen molar-refractivity contribution in [2.75, 3.05) is 55.7 Å². The second kappa shape index (κ2) is 11.1. The first-order valence-electron chi connectivity index (χ1n) is 12.7. The van der Waals surface area contributed by atoms with Crippen LogP contribution in [0.25, 0.3) is 0 Å². The van der Waals surface area contributed by atoms with E-state index >= 15 is 0 Å². The largest absolute Gasteiger partial charge is 0.439 e. The number of anilines is 3. The number of benzene rings is 2. The van der Waals surface area contributed by atoms with Gasteiger partial charge in [0.15, 0.2) is 0 Å². The molecule has 9 nitrogen and oxygen atoms in total. The quantitative estimate of drug-likeness (QED) is 0.487. The average molecular weight is 542 g/mol. The molecule has 3 N–H and O–H groups in total. The number of fused-ring (bicyclic) bond motifs is 1. The fraction of sp³-hybridized carbons (Fsp3) is 0.370. The Hall–Kier alpha value is -3.90. The third-order valence-corrected chi connectivity index (χ3v) is 6.94. The highest BCUT2D eigenvalue weighted by molar-refractivity contribution is 6.02. The first kappa shape index (κ1) is 26.7. The van der Waals surface area contributed by atoms with Gasteiger partial charge in [-0.3, -0.25) is 9.80 Å². The van der Waals surface area contributed by atoms with Gasteiger partial charge in [-0.15, -0.1) is 0 Å². The molecule has 0 bridgehead atoms. The summed E-state index contributed by atoms with van der Waals surface area (Å²) in [6, 6.07) is 10.4. The first-order valence-corrected chi connectivity index (χ1v) is 12.7. The van der Waals surface area contributed by atoms with E-state index in [0.29, 0.717) is 43.4 Å². The molecule has 1 aromatic heterocycles. The third kappa shape index (κ3) is 6.40. The van der Waals surface area contributed by atoms with E-state index in [1.807, 2.05) is 18.0 Å². The molecule has 1 saturated heterocycles. The summed E-state index contributed by atoms with van der Waals surface area (Å²) in [5, 5.41) is 2.67. The van der Waals surface area contributed by atoms with Gasteiger partial charge in [0.05, 0.1) is 5.56 Å². The SMILES string of the molecule is CN1CCN(Cc2ccc(NC(=O)N3CCCc4cc(Oc5ccnc(N)n5)ccc43)cc2C(F)(F)F)CC1. The van der Waals surface area contributed by atoms with Crippen LogP contribution in [0.4, 0.5) is 35.3 Å². The number of hydrogen-bond donors (Lipinski definition) is 2. The van der Waals surface area contributed by atoms with E-state index in [0.717, 1.165) is 31.1 Å². The minimum atomic E-state index is -4.54. The lowest BCUT2D eigenvalue weighted by Crippen LogP contribution is -2.44. The van der Waals surface area contributed by atoms with Crippen molar-refractivity contribution in [1.29, 1.82) is 0 Å². The molecule has 3 aromatic rings. The Morgan fingerprint density at radius 3 is 2.62 bits per heavy atom. The number of hydrogen-bond acceptors (Lipinski definition) is 7. The molecule has 0 saturated carbocycles. The van der Waals surface area contributed by atoms with Gasteiger partial charge >= 0.3 is 12.2 Å². The predicted octanol–water partition coefficient (Wildman–Crippen LogP) is 4.60. The van der Waals surface area contributed by atoms with Gasteiger partial charge in [-0.1, -0.05) is 6.07 Å². The summed E-state index contributed by atoms with van der Waals surface area (Å²) in [4.78, 5) is 26.8. The maximum atomic E-state index is 14.0. The van der Waals surface area contributed by atoms with Crippen molar-refractivity contribution in [1.82, 2.24) is 19.8 Å². The van der Waals surface area contributed by atoms with Crippen LogP contribution in [0.15, 0.2) is 48.7 Å². The van der Waals surface area contributed by atoms with Crippen LogP contribution >= 0.6 is 0 Å². The number of alkyl halides is 3. The fourth-order valence-corrected chi connectivity index (χ4v) is 4.88. The number of urea groups is 1. The average Bonchev–Trinajstić information content (AvgIpc) is 2.90. The van der Waals surface area contributed by atoms with Gasteiger partial charge < -0.3 is 20.7 Å². The predicted molar refractivity (Wildman–Crippen MR) is 142 cm³/mol. The summed E-state index contributed by atoms with van der Waals surface area (Å²) in [7, 11) is 2.00. The van der Waals surface area contributed by atoms with Gasteiger partial charge in [0.1, 0.15) is 5.75 Å². The Kier molecular flexibility index (Phi) is 7.58. The molecular weight excluding hydrogens is 511 g/mol. The second-order valence-corrected chi connectivity index (χ2v) is 9.78. The Bertz CT molecular complexity index is 1340. The highest BCUT2D eigenvalue weighted by Crippen LogP contribution is 2.36. The molecule has 0 atom stereocenters. The number of nitrogens with one attached hydrogen (secondary N) is 1. The molecule has 2 aromatic carbocycles. The zero-order valence-corrected chi connectivity index (χ0v) is 21.5.